The number of rotatable bonds is 3. The van der Waals surface area contributed by atoms with Crippen LogP contribution in [0.4, 0.5) is 0 Å². The number of carbonyl (C=O) groups is 1. The molecule has 0 aliphatic heterocycles. The third-order valence-corrected chi connectivity index (χ3v) is 3.69. The number of carbonyl (C=O) groups excluding carboxylic acids is 1. The van der Waals surface area contributed by atoms with E-state index in [1.807, 2.05) is 45.2 Å². The molecule has 0 bridgehead atoms. The van der Waals surface area contributed by atoms with Crippen molar-refractivity contribution in [3.63, 3.8) is 0 Å². The molecule has 0 saturated carbocycles. The minimum absolute atomic E-state index is 0.0573. The van der Waals surface area contributed by atoms with E-state index >= 15 is 0 Å². The minimum Gasteiger partial charge on any atom is -0.321 e. The molecule has 1 aromatic heterocycles. The van der Waals surface area contributed by atoms with E-state index in [1.54, 1.807) is 0 Å². The summed E-state index contributed by atoms with van der Waals surface area (Å²) < 4.78 is 2.07. The number of aromatic nitrogens is 2. The standard InChI is InChI=1S/C19H26N2O/c1-18(2,3)15-12-20-17(16(22)19(4,5)6)21(15)13-14-10-8-7-9-11-14/h7-12H,13H2,1-6H3. The number of ketones is 1. The Morgan fingerprint density at radius 1 is 1.05 bits per heavy atom. The van der Waals surface area contributed by atoms with Crippen molar-refractivity contribution in [3.8, 4) is 0 Å². The average Bonchev–Trinajstić information content (AvgIpc) is 2.81. The molecule has 0 aliphatic carbocycles. The fourth-order valence-corrected chi connectivity index (χ4v) is 2.42. The van der Waals surface area contributed by atoms with E-state index in [4.69, 9.17) is 0 Å². The summed E-state index contributed by atoms with van der Waals surface area (Å²) in [4.78, 5) is 17.2. The van der Waals surface area contributed by atoms with Gasteiger partial charge < -0.3 is 4.57 Å². The van der Waals surface area contributed by atoms with Gasteiger partial charge in [0.05, 0.1) is 0 Å². The Morgan fingerprint density at radius 3 is 2.14 bits per heavy atom. The Balaban J connectivity index is 2.52. The molecule has 1 heterocycles. The van der Waals surface area contributed by atoms with E-state index in [2.05, 4.69) is 42.5 Å². The second-order valence-electron chi connectivity index (χ2n) is 7.87. The maximum absolute atomic E-state index is 12.7. The molecule has 0 unspecified atom stereocenters. The van der Waals surface area contributed by atoms with Crippen LogP contribution in [-0.2, 0) is 12.0 Å². The zero-order chi connectivity index (χ0) is 16.5. The quantitative estimate of drug-likeness (QED) is 0.784. The predicted octanol–water partition coefficient (Wildman–Crippen LogP) is 4.46. The smallest absolute Gasteiger partial charge is 0.203 e. The summed E-state index contributed by atoms with van der Waals surface area (Å²) in [5.41, 5.74) is 1.77. The topological polar surface area (TPSA) is 34.9 Å². The molecule has 0 spiro atoms. The van der Waals surface area contributed by atoms with Crippen LogP contribution in [0.1, 0.15) is 63.4 Å². The molecule has 1 aromatic carbocycles. The first-order chi connectivity index (χ1) is 10.1. The maximum Gasteiger partial charge on any atom is 0.203 e. The van der Waals surface area contributed by atoms with Crippen LogP contribution >= 0.6 is 0 Å². The fourth-order valence-electron chi connectivity index (χ4n) is 2.42. The van der Waals surface area contributed by atoms with Gasteiger partial charge in [0.1, 0.15) is 0 Å². The second-order valence-corrected chi connectivity index (χ2v) is 7.87. The SMILES string of the molecule is CC(C)(C)C(=O)c1ncc(C(C)(C)C)n1Cc1ccccc1. The zero-order valence-electron chi connectivity index (χ0n) is 14.5. The van der Waals surface area contributed by atoms with Crippen LogP contribution in [0.5, 0.6) is 0 Å². The molecule has 0 aliphatic rings. The zero-order valence-corrected chi connectivity index (χ0v) is 14.5. The summed E-state index contributed by atoms with van der Waals surface area (Å²) in [7, 11) is 0. The molecule has 0 saturated heterocycles. The normalized spacial score (nSPS) is 12.5. The van der Waals surface area contributed by atoms with E-state index in [0.717, 1.165) is 5.69 Å². The average molecular weight is 298 g/mol. The number of benzene rings is 1. The Hall–Kier alpha value is -1.90. The lowest BCUT2D eigenvalue weighted by Crippen LogP contribution is -2.27. The summed E-state index contributed by atoms with van der Waals surface area (Å²) in [5, 5.41) is 0. The third-order valence-electron chi connectivity index (χ3n) is 3.69. The van der Waals surface area contributed by atoms with Crippen LogP contribution in [0.2, 0.25) is 0 Å². The predicted molar refractivity (Wildman–Crippen MR) is 90.3 cm³/mol. The first-order valence-electron chi connectivity index (χ1n) is 7.75. The Kier molecular flexibility index (Phi) is 4.28. The first-order valence-corrected chi connectivity index (χ1v) is 7.75. The van der Waals surface area contributed by atoms with Crippen LogP contribution in [0, 0.1) is 5.41 Å². The Labute approximate surface area is 133 Å². The van der Waals surface area contributed by atoms with Gasteiger partial charge in [-0.15, -0.1) is 0 Å². The second kappa shape index (κ2) is 5.71. The largest absolute Gasteiger partial charge is 0.321 e. The molecule has 3 heteroatoms. The summed E-state index contributed by atoms with van der Waals surface area (Å²) in [6.45, 7) is 12.9. The van der Waals surface area contributed by atoms with Crippen LogP contribution in [0.25, 0.3) is 0 Å². The van der Waals surface area contributed by atoms with Gasteiger partial charge in [0.15, 0.2) is 5.82 Å². The van der Waals surface area contributed by atoms with Crippen molar-refractivity contribution in [2.45, 2.75) is 53.5 Å². The van der Waals surface area contributed by atoms with Crippen molar-refractivity contribution < 1.29 is 4.79 Å². The van der Waals surface area contributed by atoms with Gasteiger partial charge in [-0.1, -0.05) is 71.9 Å². The number of nitrogens with zero attached hydrogens (tertiary/aromatic N) is 2. The molecule has 0 amide bonds. The molecule has 0 radical (unpaired) electrons. The van der Waals surface area contributed by atoms with Crippen molar-refractivity contribution in [1.82, 2.24) is 9.55 Å². The highest BCUT2D eigenvalue weighted by atomic mass is 16.1. The molecule has 118 valence electrons. The summed E-state index contributed by atoms with van der Waals surface area (Å²) in [5.74, 6) is 0.639. The van der Waals surface area contributed by atoms with Crippen molar-refractivity contribution >= 4 is 5.78 Å². The molecule has 3 nitrogen and oxygen atoms in total. The maximum atomic E-state index is 12.7. The van der Waals surface area contributed by atoms with Gasteiger partial charge in [-0.2, -0.15) is 0 Å². The van der Waals surface area contributed by atoms with Gasteiger partial charge in [0.2, 0.25) is 5.78 Å². The highest BCUT2D eigenvalue weighted by Gasteiger charge is 2.30. The van der Waals surface area contributed by atoms with Crippen molar-refractivity contribution in [2.24, 2.45) is 5.41 Å². The van der Waals surface area contributed by atoms with E-state index in [0.29, 0.717) is 12.4 Å². The van der Waals surface area contributed by atoms with Gasteiger partial charge in [-0.05, 0) is 5.56 Å². The van der Waals surface area contributed by atoms with Gasteiger partial charge in [0, 0.05) is 29.3 Å². The highest BCUT2D eigenvalue weighted by molar-refractivity contribution is 5.97. The minimum atomic E-state index is -0.436. The fraction of sp³-hybridized carbons (Fsp3) is 0.474. The van der Waals surface area contributed by atoms with Crippen LogP contribution in [0.3, 0.4) is 0 Å². The van der Waals surface area contributed by atoms with Gasteiger partial charge in [-0.3, -0.25) is 4.79 Å². The van der Waals surface area contributed by atoms with E-state index in [-0.39, 0.29) is 11.2 Å². The summed E-state index contributed by atoms with van der Waals surface area (Å²) in [6, 6.07) is 10.2. The summed E-state index contributed by atoms with van der Waals surface area (Å²) in [6.07, 6.45) is 1.85. The number of Topliss-reactive ketones (excluding diaryl/α,β-unsaturated/α-hetero) is 1. The molecule has 0 atom stereocenters. The molecular formula is C19H26N2O. The first kappa shape index (κ1) is 16.5. The van der Waals surface area contributed by atoms with Crippen LogP contribution in [0.15, 0.2) is 36.5 Å². The molecule has 22 heavy (non-hydrogen) atoms. The van der Waals surface area contributed by atoms with Gasteiger partial charge in [0.25, 0.3) is 0 Å². The number of hydrogen-bond acceptors (Lipinski definition) is 2. The van der Waals surface area contributed by atoms with Crippen LogP contribution < -0.4 is 0 Å². The lowest BCUT2D eigenvalue weighted by Gasteiger charge is -2.23. The number of imidazole rings is 1. The highest BCUT2D eigenvalue weighted by Crippen LogP contribution is 2.27. The summed E-state index contributed by atoms with van der Waals surface area (Å²) >= 11 is 0. The molecule has 0 N–H and O–H groups in total. The van der Waals surface area contributed by atoms with E-state index < -0.39 is 5.41 Å². The van der Waals surface area contributed by atoms with Crippen molar-refractivity contribution in [3.05, 3.63) is 53.6 Å². The van der Waals surface area contributed by atoms with E-state index in [1.165, 1.54) is 5.56 Å². The van der Waals surface area contributed by atoms with E-state index in [9.17, 15) is 4.79 Å². The third kappa shape index (κ3) is 3.46. The van der Waals surface area contributed by atoms with Crippen molar-refractivity contribution in [1.29, 1.82) is 0 Å². The molecular weight excluding hydrogens is 272 g/mol. The Morgan fingerprint density at radius 2 is 1.64 bits per heavy atom. The van der Waals surface area contributed by atoms with Gasteiger partial charge >= 0.3 is 0 Å². The van der Waals surface area contributed by atoms with Crippen LogP contribution in [-0.4, -0.2) is 15.3 Å². The lowest BCUT2D eigenvalue weighted by molar-refractivity contribution is 0.0842. The van der Waals surface area contributed by atoms with Gasteiger partial charge in [-0.25, -0.2) is 4.98 Å². The number of hydrogen-bond donors (Lipinski definition) is 0. The Bertz CT molecular complexity index is 655. The lowest BCUT2D eigenvalue weighted by atomic mass is 9.89. The van der Waals surface area contributed by atoms with Crippen molar-refractivity contribution in [2.75, 3.05) is 0 Å². The monoisotopic (exact) mass is 298 g/mol. The molecule has 2 aromatic rings. The molecule has 0 fully saturated rings. The molecule has 2 rings (SSSR count).